The SMILES string of the molecule is CCCOC1CCCN(C(=O)Cc2c(C)nc3ccccn23)C1. The first-order valence-corrected chi connectivity index (χ1v) is 8.51. The van der Waals surface area contributed by atoms with Gasteiger partial charge in [-0.15, -0.1) is 0 Å². The largest absolute Gasteiger partial charge is 0.376 e. The number of hydrogen-bond donors (Lipinski definition) is 0. The standard InChI is InChI=1S/C18H25N3O2/c1-3-11-23-15-7-6-9-20(13-15)18(22)12-16-14(2)19-17-8-4-5-10-21(16)17/h4-5,8,10,15H,3,6-7,9,11-13H2,1-2H3. The van der Waals surface area contributed by atoms with E-state index in [9.17, 15) is 4.79 Å². The Morgan fingerprint density at radius 2 is 2.30 bits per heavy atom. The number of rotatable bonds is 5. The van der Waals surface area contributed by atoms with Crippen molar-refractivity contribution in [1.82, 2.24) is 14.3 Å². The van der Waals surface area contributed by atoms with Gasteiger partial charge in [-0.25, -0.2) is 4.98 Å². The fourth-order valence-electron chi connectivity index (χ4n) is 3.22. The number of aryl methyl sites for hydroxylation is 1. The Kier molecular flexibility index (Phi) is 4.96. The molecule has 0 N–H and O–H groups in total. The molecule has 1 saturated heterocycles. The third-order valence-corrected chi connectivity index (χ3v) is 4.44. The summed E-state index contributed by atoms with van der Waals surface area (Å²) in [6.07, 6.45) is 5.66. The summed E-state index contributed by atoms with van der Waals surface area (Å²) in [5.74, 6) is 0.170. The average molecular weight is 315 g/mol. The molecule has 23 heavy (non-hydrogen) atoms. The maximum Gasteiger partial charge on any atom is 0.228 e. The lowest BCUT2D eigenvalue weighted by atomic mass is 10.1. The van der Waals surface area contributed by atoms with E-state index in [1.165, 1.54) is 0 Å². The maximum absolute atomic E-state index is 12.7. The molecule has 124 valence electrons. The van der Waals surface area contributed by atoms with Crippen molar-refractivity contribution in [3.05, 3.63) is 35.8 Å². The van der Waals surface area contributed by atoms with Crippen molar-refractivity contribution in [2.24, 2.45) is 0 Å². The first-order valence-electron chi connectivity index (χ1n) is 8.51. The molecule has 5 heteroatoms. The average Bonchev–Trinajstić information content (AvgIpc) is 2.89. The van der Waals surface area contributed by atoms with Crippen molar-refractivity contribution < 1.29 is 9.53 Å². The molecule has 0 saturated carbocycles. The maximum atomic E-state index is 12.7. The molecule has 0 spiro atoms. The van der Waals surface area contributed by atoms with Crippen molar-refractivity contribution in [2.45, 2.75) is 45.6 Å². The van der Waals surface area contributed by atoms with Gasteiger partial charge in [-0.2, -0.15) is 0 Å². The first-order chi connectivity index (χ1) is 11.2. The van der Waals surface area contributed by atoms with Crippen LogP contribution in [0.3, 0.4) is 0 Å². The van der Waals surface area contributed by atoms with Crippen LogP contribution in [0.15, 0.2) is 24.4 Å². The van der Waals surface area contributed by atoms with Crippen molar-refractivity contribution in [3.8, 4) is 0 Å². The normalized spacial score (nSPS) is 18.5. The van der Waals surface area contributed by atoms with Gasteiger partial charge in [0.15, 0.2) is 0 Å². The first kappa shape index (κ1) is 16.0. The summed E-state index contributed by atoms with van der Waals surface area (Å²) in [6, 6.07) is 5.90. The second kappa shape index (κ2) is 7.13. The Morgan fingerprint density at radius 3 is 3.13 bits per heavy atom. The van der Waals surface area contributed by atoms with Crippen LogP contribution in [0.1, 0.15) is 37.6 Å². The Bertz CT molecular complexity index is 680. The smallest absolute Gasteiger partial charge is 0.228 e. The lowest BCUT2D eigenvalue weighted by Crippen LogP contribution is -2.44. The number of imidazole rings is 1. The molecule has 5 nitrogen and oxygen atoms in total. The molecule has 0 aromatic carbocycles. The van der Waals surface area contributed by atoms with E-state index < -0.39 is 0 Å². The van der Waals surface area contributed by atoms with Crippen LogP contribution in [-0.2, 0) is 16.0 Å². The fourth-order valence-corrected chi connectivity index (χ4v) is 3.22. The number of carbonyl (C=O) groups is 1. The minimum absolute atomic E-state index is 0.170. The molecule has 3 rings (SSSR count). The van der Waals surface area contributed by atoms with Crippen molar-refractivity contribution >= 4 is 11.6 Å². The summed E-state index contributed by atoms with van der Waals surface area (Å²) >= 11 is 0. The second-order valence-electron chi connectivity index (χ2n) is 6.22. The second-order valence-corrected chi connectivity index (χ2v) is 6.22. The summed E-state index contributed by atoms with van der Waals surface area (Å²) in [4.78, 5) is 19.2. The quantitative estimate of drug-likeness (QED) is 0.852. The van der Waals surface area contributed by atoms with Gasteiger partial charge in [0.05, 0.1) is 23.9 Å². The van der Waals surface area contributed by atoms with Gasteiger partial charge in [0.1, 0.15) is 5.65 Å². The molecule has 0 bridgehead atoms. The highest BCUT2D eigenvalue weighted by Crippen LogP contribution is 2.17. The molecule has 1 atom stereocenters. The van der Waals surface area contributed by atoms with Crippen LogP contribution in [0.5, 0.6) is 0 Å². The number of pyridine rings is 1. The zero-order chi connectivity index (χ0) is 16.2. The highest BCUT2D eigenvalue weighted by atomic mass is 16.5. The van der Waals surface area contributed by atoms with Gasteiger partial charge in [-0.1, -0.05) is 13.0 Å². The van der Waals surface area contributed by atoms with Crippen LogP contribution in [0.25, 0.3) is 5.65 Å². The molecule has 1 fully saturated rings. The van der Waals surface area contributed by atoms with Gasteiger partial charge in [-0.05, 0) is 38.3 Å². The van der Waals surface area contributed by atoms with Crippen molar-refractivity contribution in [1.29, 1.82) is 0 Å². The van der Waals surface area contributed by atoms with Crippen LogP contribution in [0.2, 0.25) is 0 Å². The lowest BCUT2D eigenvalue weighted by molar-refractivity contribution is -0.134. The monoisotopic (exact) mass is 315 g/mol. The number of nitrogens with zero attached hydrogens (tertiary/aromatic N) is 3. The number of piperidine rings is 1. The molecular weight excluding hydrogens is 290 g/mol. The van der Waals surface area contributed by atoms with Gasteiger partial charge in [0.2, 0.25) is 5.91 Å². The summed E-state index contributed by atoms with van der Waals surface area (Å²) in [5.41, 5.74) is 2.82. The Labute approximate surface area is 137 Å². The van der Waals surface area contributed by atoms with Crippen molar-refractivity contribution in [2.75, 3.05) is 19.7 Å². The van der Waals surface area contributed by atoms with Crippen LogP contribution >= 0.6 is 0 Å². The minimum Gasteiger partial charge on any atom is -0.376 e. The van der Waals surface area contributed by atoms with E-state index >= 15 is 0 Å². The predicted octanol–water partition coefficient (Wildman–Crippen LogP) is 2.60. The number of likely N-dealkylation sites (tertiary alicyclic amines) is 1. The Morgan fingerprint density at radius 1 is 1.43 bits per heavy atom. The molecule has 0 aliphatic carbocycles. The molecule has 1 unspecified atom stereocenters. The number of carbonyl (C=O) groups excluding carboxylic acids is 1. The van der Waals surface area contributed by atoms with Gasteiger partial charge < -0.3 is 14.0 Å². The van der Waals surface area contributed by atoms with Gasteiger partial charge in [0.25, 0.3) is 0 Å². The summed E-state index contributed by atoms with van der Waals surface area (Å²) in [7, 11) is 0. The topological polar surface area (TPSA) is 46.8 Å². The lowest BCUT2D eigenvalue weighted by Gasteiger charge is -2.32. The number of fused-ring (bicyclic) bond motifs is 1. The van der Waals surface area contributed by atoms with E-state index in [0.29, 0.717) is 13.0 Å². The zero-order valence-corrected chi connectivity index (χ0v) is 14.0. The molecule has 1 amide bonds. The molecule has 0 radical (unpaired) electrons. The third kappa shape index (κ3) is 3.55. The summed E-state index contributed by atoms with van der Waals surface area (Å²) in [6.45, 7) is 6.41. The van der Waals surface area contributed by atoms with Crippen LogP contribution in [0, 0.1) is 6.92 Å². The molecule has 1 aliphatic rings. The van der Waals surface area contributed by atoms with Gasteiger partial charge in [0, 0.05) is 25.9 Å². The molecule has 3 heterocycles. The number of aromatic nitrogens is 2. The summed E-state index contributed by atoms with van der Waals surface area (Å²) < 4.78 is 7.85. The highest BCUT2D eigenvalue weighted by Gasteiger charge is 2.25. The molecule has 2 aromatic rings. The van der Waals surface area contributed by atoms with Crippen LogP contribution < -0.4 is 0 Å². The van der Waals surface area contributed by atoms with E-state index in [2.05, 4.69) is 11.9 Å². The zero-order valence-electron chi connectivity index (χ0n) is 14.0. The molecule has 1 aliphatic heterocycles. The van der Waals surface area contributed by atoms with Crippen LogP contribution in [0.4, 0.5) is 0 Å². The Balaban J connectivity index is 1.69. The van der Waals surface area contributed by atoms with E-state index in [0.717, 1.165) is 49.4 Å². The summed E-state index contributed by atoms with van der Waals surface area (Å²) in [5, 5.41) is 0. The fraction of sp³-hybridized carbons (Fsp3) is 0.556. The molecule has 2 aromatic heterocycles. The predicted molar refractivity (Wildman–Crippen MR) is 89.5 cm³/mol. The number of ether oxygens (including phenoxy) is 1. The van der Waals surface area contributed by atoms with Crippen LogP contribution in [-0.4, -0.2) is 46.0 Å². The van der Waals surface area contributed by atoms with Gasteiger partial charge in [-0.3, -0.25) is 4.79 Å². The highest BCUT2D eigenvalue weighted by molar-refractivity contribution is 5.79. The van der Waals surface area contributed by atoms with E-state index in [1.807, 2.05) is 40.6 Å². The third-order valence-electron chi connectivity index (χ3n) is 4.44. The van der Waals surface area contributed by atoms with Crippen molar-refractivity contribution in [3.63, 3.8) is 0 Å². The molecular formula is C18H25N3O2. The van der Waals surface area contributed by atoms with E-state index in [1.54, 1.807) is 0 Å². The number of hydrogen-bond acceptors (Lipinski definition) is 3. The van der Waals surface area contributed by atoms with E-state index in [-0.39, 0.29) is 12.0 Å². The van der Waals surface area contributed by atoms with E-state index in [4.69, 9.17) is 4.74 Å². The van der Waals surface area contributed by atoms with Gasteiger partial charge >= 0.3 is 0 Å². The minimum atomic E-state index is 0.170. The number of amides is 1. The Hall–Kier alpha value is -1.88.